The van der Waals surface area contributed by atoms with Crippen LogP contribution in [0.15, 0.2) is 48.5 Å². The number of fused-ring (bicyclic) bond motifs is 1. The van der Waals surface area contributed by atoms with Gasteiger partial charge in [0.05, 0.1) is 11.6 Å². The Labute approximate surface area is 160 Å². The molecule has 0 unspecified atom stereocenters. The molecule has 0 bridgehead atoms. The SMILES string of the molecule is Cc1ccccc1[C@]1(O)C[C@H]2CN([C@H](C)C(=O)c3ccc(O)cc3)C[C@H]2C1. The van der Waals surface area contributed by atoms with Gasteiger partial charge >= 0.3 is 0 Å². The van der Waals surface area contributed by atoms with Gasteiger partial charge in [-0.05, 0) is 73.9 Å². The number of benzene rings is 2. The molecular weight excluding hydrogens is 338 g/mol. The second kappa shape index (κ2) is 6.77. The molecule has 1 saturated carbocycles. The first-order chi connectivity index (χ1) is 12.9. The van der Waals surface area contributed by atoms with E-state index < -0.39 is 5.60 Å². The van der Waals surface area contributed by atoms with Crippen molar-refractivity contribution < 1.29 is 15.0 Å². The van der Waals surface area contributed by atoms with E-state index >= 15 is 0 Å². The van der Waals surface area contributed by atoms with E-state index in [1.807, 2.05) is 25.1 Å². The largest absolute Gasteiger partial charge is 0.508 e. The lowest BCUT2D eigenvalue weighted by molar-refractivity contribution is 0.0292. The number of hydrogen-bond donors (Lipinski definition) is 2. The summed E-state index contributed by atoms with van der Waals surface area (Å²) in [4.78, 5) is 15.0. The number of nitrogens with zero attached hydrogens (tertiary/aromatic N) is 1. The number of carbonyl (C=O) groups is 1. The third kappa shape index (κ3) is 3.28. The summed E-state index contributed by atoms with van der Waals surface area (Å²) in [5, 5.41) is 20.7. The highest BCUT2D eigenvalue weighted by Gasteiger charge is 2.50. The minimum Gasteiger partial charge on any atom is -0.508 e. The van der Waals surface area contributed by atoms with Crippen LogP contribution in [0.2, 0.25) is 0 Å². The van der Waals surface area contributed by atoms with E-state index in [2.05, 4.69) is 17.9 Å². The first kappa shape index (κ1) is 18.2. The molecule has 2 aromatic rings. The quantitative estimate of drug-likeness (QED) is 0.814. The van der Waals surface area contributed by atoms with Crippen LogP contribution < -0.4 is 0 Å². The number of aryl methyl sites for hydroxylation is 1. The molecule has 1 heterocycles. The number of Topliss-reactive ketones (excluding diaryl/α,β-unsaturated/α-hetero) is 1. The average molecular weight is 365 g/mol. The Bertz CT molecular complexity index is 831. The Morgan fingerprint density at radius 1 is 1.07 bits per heavy atom. The van der Waals surface area contributed by atoms with Crippen molar-refractivity contribution >= 4 is 5.78 Å². The zero-order valence-corrected chi connectivity index (χ0v) is 15.9. The van der Waals surface area contributed by atoms with E-state index in [0.717, 1.165) is 37.1 Å². The first-order valence-corrected chi connectivity index (χ1v) is 9.73. The number of rotatable bonds is 4. The summed E-state index contributed by atoms with van der Waals surface area (Å²) in [5.74, 6) is 1.10. The Hall–Kier alpha value is -2.17. The number of carbonyl (C=O) groups excluding carboxylic acids is 1. The number of aliphatic hydroxyl groups is 1. The normalized spacial score (nSPS) is 28.9. The lowest BCUT2D eigenvalue weighted by atomic mass is 9.87. The van der Waals surface area contributed by atoms with Gasteiger partial charge in [-0.3, -0.25) is 9.69 Å². The number of likely N-dealkylation sites (tertiary alicyclic amines) is 1. The van der Waals surface area contributed by atoms with Crippen molar-refractivity contribution in [2.45, 2.75) is 38.3 Å². The Morgan fingerprint density at radius 3 is 2.26 bits per heavy atom. The van der Waals surface area contributed by atoms with E-state index in [-0.39, 0.29) is 17.6 Å². The third-order valence-corrected chi connectivity index (χ3v) is 6.53. The van der Waals surface area contributed by atoms with Crippen LogP contribution in [0.3, 0.4) is 0 Å². The number of phenols is 1. The Kier molecular flexibility index (Phi) is 4.57. The highest BCUT2D eigenvalue weighted by Crippen LogP contribution is 2.50. The fraction of sp³-hybridized carbons (Fsp3) is 0.435. The summed E-state index contributed by atoms with van der Waals surface area (Å²) in [6.45, 7) is 5.73. The van der Waals surface area contributed by atoms with Crippen molar-refractivity contribution in [2.24, 2.45) is 11.8 Å². The van der Waals surface area contributed by atoms with E-state index in [4.69, 9.17) is 0 Å². The molecule has 0 radical (unpaired) electrons. The van der Waals surface area contributed by atoms with Gasteiger partial charge in [-0.1, -0.05) is 24.3 Å². The molecule has 0 amide bonds. The van der Waals surface area contributed by atoms with Crippen LogP contribution in [0.5, 0.6) is 5.75 Å². The zero-order valence-electron chi connectivity index (χ0n) is 15.9. The molecule has 4 heteroatoms. The summed E-state index contributed by atoms with van der Waals surface area (Å²) >= 11 is 0. The molecule has 2 fully saturated rings. The van der Waals surface area contributed by atoms with Gasteiger partial charge in [0.2, 0.25) is 0 Å². The molecule has 1 saturated heterocycles. The summed E-state index contributed by atoms with van der Waals surface area (Å²) in [6.07, 6.45) is 1.53. The van der Waals surface area contributed by atoms with E-state index in [1.165, 1.54) is 0 Å². The van der Waals surface area contributed by atoms with Crippen molar-refractivity contribution in [1.29, 1.82) is 0 Å². The van der Waals surface area contributed by atoms with Crippen molar-refractivity contribution in [3.63, 3.8) is 0 Å². The molecule has 0 aromatic heterocycles. The molecule has 1 aliphatic carbocycles. The van der Waals surface area contributed by atoms with Gasteiger partial charge < -0.3 is 10.2 Å². The van der Waals surface area contributed by atoms with Gasteiger partial charge in [-0.25, -0.2) is 0 Å². The highest BCUT2D eigenvalue weighted by molar-refractivity contribution is 5.99. The molecule has 4 atom stereocenters. The lowest BCUT2D eigenvalue weighted by Gasteiger charge is -2.29. The average Bonchev–Trinajstić information content (AvgIpc) is 3.17. The van der Waals surface area contributed by atoms with Crippen LogP contribution in [0, 0.1) is 18.8 Å². The monoisotopic (exact) mass is 365 g/mol. The Balaban J connectivity index is 1.44. The maximum absolute atomic E-state index is 12.8. The Morgan fingerprint density at radius 2 is 1.67 bits per heavy atom. The molecule has 27 heavy (non-hydrogen) atoms. The fourth-order valence-corrected chi connectivity index (χ4v) is 5.05. The number of ketones is 1. The maximum Gasteiger partial charge on any atom is 0.179 e. The predicted octanol–water partition coefficient (Wildman–Crippen LogP) is 3.50. The van der Waals surface area contributed by atoms with Crippen LogP contribution >= 0.6 is 0 Å². The van der Waals surface area contributed by atoms with Gasteiger partial charge in [0, 0.05) is 18.7 Å². The smallest absolute Gasteiger partial charge is 0.179 e. The molecule has 142 valence electrons. The van der Waals surface area contributed by atoms with Crippen molar-refractivity contribution in [3.05, 3.63) is 65.2 Å². The van der Waals surface area contributed by atoms with Gasteiger partial charge in [-0.15, -0.1) is 0 Å². The minimum absolute atomic E-state index is 0.0872. The fourth-order valence-electron chi connectivity index (χ4n) is 5.05. The second-order valence-corrected chi connectivity index (χ2v) is 8.32. The number of hydrogen-bond acceptors (Lipinski definition) is 4. The molecule has 2 N–H and O–H groups in total. The summed E-state index contributed by atoms with van der Waals surface area (Å²) in [7, 11) is 0. The highest BCUT2D eigenvalue weighted by atomic mass is 16.3. The second-order valence-electron chi connectivity index (χ2n) is 8.32. The molecule has 1 aliphatic heterocycles. The van der Waals surface area contributed by atoms with E-state index in [1.54, 1.807) is 24.3 Å². The number of aromatic hydroxyl groups is 1. The van der Waals surface area contributed by atoms with Crippen molar-refractivity contribution in [1.82, 2.24) is 4.90 Å². The molecule has 4 nitrogen and oxygen atoms in total. The molecule has 4 rings (SSSR count). The van der Waals surface area contributed by atoms with E-state index in [9.17, 15) is 15.0 Å². The van der Waals surface area contributed by atoms with Crippen molar-refractivity contribution in [2.75, 3.05) is 13.1 Å². The van der Waals surface area contributed by atoms with Crippen LogP contribution in [-0.4, -0.2) is 40.0 Å². The minimum atomic E-state index is -0.739. The van der Waals surface area contributed by atoms with Crippen LogP contribution in [-0.2, 0) is 5.60 Å². The molecule has 0 spiro atoms. The lowest BCUT2D eigenvalue weighted by Crippen LogP contribution is -2.39. The van der Waals surface area contributed by atoms with Gasteiger partial charge in [0.25, 0.3) is 0 Å². The third-order valence-electron chi connectivity index (χ3n) is 6.53. The predicted molar refractivity (Wildman–Crippen MR) is 105 cm³/mol. The van der Waals surface area contributed by atoms with Gasteiger partial charge in [-0.2, -0.15) is 0 Å². The van der Waals surface area contributed by atoms with E-state index in [0.29, 0.717) is 17.4 Å². The van der Waals surface area contributed by atoms with Crippen molar-refractivity contribution in [3.8, 4) is 5.75 Å². The molecule has 2 aliphatic rings. The number of phenolic OH excluding ortho intramolecular Hbond substituents is 1. The maximum atomic E-state index is 12.8. The topological polar surface area (TPSA) is 60.8 Å². The summed E-state index contributed by atoms with van der Waals surface area (Å²) in [6, 6.07) is 14.4. The van der Waals surface area contributed by atoms with Gasteiger partial charge in [0.1, 0.15) is 5.75 Å². The molecule has 2 aromatic carbocycles. The summed E-state index contributed by atoms with van der Waals surface area (Å²) in [5.41, 5.74) is 2.09. The van der Waals surface area contributed by atoms with Crippen LogP contribution in [0.25, 0.3) is 0 Å². The van der Waals surface area contributed by atoms with Gasteiger partial charge in [0.15, 0.2) is 5.78 Å². The first-order valence-electron chi connectivity index (χ1n) is 9.73. The molecular formula is C23H27NO3. The summed E-state index contributed by atoms with van der Waals surface area (Å²) < 4.78 is 0. The zero-order chi connectivity index (χ0) is 19.2. The van der Waals surface area contributed by atoms with Crippen LogP contribution in [0.4, 0.5) is 0 Å². The standard InChI is InChI=1S/C23H27NO3/c1-15-5-3-4-6-21(15)23(27)11-18-13-24(14-19(18)12-23)16(2)22(26)17-7-9-20(25)10-8-17/h3-10,16,18-19,25,27H,11-14H2,1-2H3/t16-,18-,19+,23-/m1/s1. The van der Waals surface area contributed by atoms with Crippen LogP contribution in [0.1, 0.15) is 41.3 Å².